The SMILES string of the molecule is CN(C)c1ncccc1OC1CCN(C(=O)NCCCC(=O)O)C1. The van der Waals surface area contributed by atoms with Gasteiger partial charge in [-0.15, -0.1) is 0 Å². The number of rotatable bonds is 7. The van der Waals surface area contributed by atoms with Gasteiger partial charge in [0.15, 0.2) is 11.6 Å². The fourth-order valence-corrected chi connectivity index (χ4v) is 2.55. The number of likely N-dealkylation sites (tertiary alicyclic amines) is 1. The zero-order valence-electron chi connectivity index (χ0n) is 14.1. The van der Waals surface area contributed by atoms with E-state index < -0.39 is 5.97 Å². The summed E-state index contributed by atoms with van der Waals surface area (Å²) in [5, 5.41) is 11.3. The van der Waals surface area contributed by atoms with Crippen LogP contribution >= 0.6 is 0 Å². The van der Waals surface area contributed by atoms with Gasteiger partial charge in [0.1, 0.15) is 6.10 Å². The lowest BCUT2D eigenvalue weighted by Gasteiger charge is -2.20. The molecule has 1 aromatic heterocycles. The molecule has 24 heavy (non-hydrogen) atoms. The molecule has 1 saturated heterocycles. The van der Waals surface area contributed by atoms with Gasteiger partial charge in [0.25, 0.3) is 0 Å². The van der Waals surface area contributed by atoms with Crippen molar-refractivity contribution in [1.82, 2.24) is 15.2 Å². The number of hydrogen-bond acceptors (Lipinski definition) is 5. The van der Waals surface area contributed by atoms with Crippen molar-refractivity contribution < 1.29 is 19.4 Å². The number of carbonyl (C=O) groups is 2. The van der Waals surface area contributed by atoms with Gasteiger partial charge in [-0.25, -0.2) is 9.78 Å². The van der Waals surface area contributed by atoms with Crippen molar-refractivity contribution in [3.05, 3.63) is 18.3 Å². The Hall–Kier alpha value is -2.51. The second-order valence-electron chi connectivity index (χ2n) is 5.92. The number of carboxylic acids is 1. The first-order valence-corrected chi connectivity index (χ1v) is 8.01. The predicted molar refractivity (Wildman–Crippen MR) is 89.4 cm³/mol. The van der Waals surface area contributed by atoms with E-state index in [1.165, 1.54) is 0 Å². The lowest BCUT2D eigenvalue weighted by Crippen LogP contribution is -2.39. The monoisotopic (exact) mass is 336 g/mol. The third-order valence-electron chi connectivity index (χ3n) is 3.74. The zero-order valence-corrected chi connectivity index (χ0v) is 14.1. The number of urea groups is 1. The van der Waals surface area contributed by atoms with E-state index in [0.29, 0.717) is 31.8 Å². The van der Waals surface area contributed by atoms with Crippen LogP contribution in [0.4, 0.5) is 10.6 Å². The standard InChI is InChI=1S/C16H24N4O4/c1-19(2)15-13(5-3-8-17-15)24-12-7-10-20(11-12)16(23)18-9-4-6-14(21)22/h3,5,8,12H,4,6-7,9-11H2,1-2H3,(H,18,23)(H,21,22). The van der Waals surface area contributed by atoms with Gasteiger partial charge >= 0.3 is 12.0 Å². The highest BCUT2D eigenvalue weighted by molar-refractivity contribution is 5.74. The van der Waals surface area contributed by atoms with E-state index in [2.05, 4.69) is 10.3 Å². The van der Waals surface area contributed by atoms with E-state index in [1.54, 1.807) is 11.1 Å². The summed E-state index contributed by atoms with van der Waals surface area (Å²) in [6.07, 6.45) is 2.88. The van der Waals surface area contributed by atoms with Crippen LogP contribution in [0.2, 0.25) is 0 Å². The van der Waals surface area contributed by atoms with Crippen LogP contribution in [0.15, 0.2) is 18.3 Å². The van der Waals surface area contributed by atoms with E-state index in [9.17, 15) is 9.59 Å². The maximum absolute atomic E-state index is 12.1. The van der Waals surface area contributed by atoms with Crippen molar-refractivity contribution in [2.24, 2.45) is 0 Å². The number of amides is 2. The Morgan fingerprint density at radius 1 is 1.50 bits per heavy atom. The fourth-order valence-electron chi connectivity index (χ4n) is 2.55. The summed E-state index contributed by atoms with van der Waals surface area (Å²) >= 11 is 0. The molecule has 1 unspecified atom stereocenters. The molecule has 2 heterocycles. The number of nitrogens with zero attached hydrogens (tertiary/aromatic N) is 3. The molecule has 0 saturated carbocycles. The molecule has 1 aromatic rings. The third-order valence-corrected chi connectivity index (χ3v) is 3.74. The first-order valence-electron chi connectivity index (χ1n) is 8.01. The number of ether oxygens (including phenoxy) is 1. The lowest BCUT2D eigenvalue weighted by atomic mass is 10.3. The summed E-state index contributed by atoms with van der Waals surface area (Å²) in [7, 11) is 3.81. The van der Waals surface area contributed by atoms with Gasteiger partial charge in [0.05, 0.1) is 6.54 Å². The number of carboxylic acid groups (broad SMARTS) is 1. The molecule has 8 nitrogen and oxygen atoms in total. The van der Waals surface area contributed by atoms with Crippen molar-refractivity contribution in [1.29, 1.82) is 0 Å². The van der Waals surface area contributed by atoms with E-state index in [0.717, 1.165) is 12.2 Å². The van der Waals surface area contributed by atoms with Crippen molar-refractivity contribution in [2.45, 2.75) is 25.4 Å². The quantitative estimate of drug-likeness (QED) is 0.726. The average Bonchev–Trinajstić information content (AvgIpc) is 3.00. The number of carbonyl (C=O) groups excluding carboxylic acids is 1. The van der Waals surface area contributed by atoms with Crippen molar-refractivity contribution in [2.75, 3.05) is 38.6 Å². The number of aliphatic carboxylic acids is 1. The van der Waals surface area contributed by atoms with Crippen LogP contribution in [0.5, 0.6) is 5.75 Å². The van der Waals surface area contributed by atoms with E-state index >= 15 is 0 Å². The molecule has 0 aromatic carbocycles. The largest absolute Gasteiger partial charge is 0.485 e. The Morgan fingerprint density at radius 3 is 3.00 bits per heavy atom. The van der Waals surface area contributed by atoms with Gasteiger partial charge in [-0.1, -0.05) is 0 Å². The lowest BCUT2D eigenvalue weighted by molar-refractivity contribution is -0.137. The molecule has 1 aliphatic heterocycles. The second kappa shape index (κ2) is 8.37. The molecule has 1 aliphatic rings. The summed E-state index contributed by atoms with van der Waals surface area (Å²) in [5.74, 6) is 0.609. The zero-order chi connectivity index (χ0) is 17.5. The minimum atomic E-state index is -0.855. The number of nitrogens with one attached hydrogen (secondary N) is 1. The maximum Gasteiger partial charge on any atom is 0.317 e. The Morgan fingerprint density at radius 2 is 2.29 bits per heavy atom. The molecule has 0 spiro atoms. The summed E-state index contributed by atoms with van der Waals surface area (Å²) in [6.45, 7) is 1.49. The summed E-state index contributed by atoms with van der Waals surface area (Å²) < 4.78 is 6.00. The van der Waals surface area contributed by atoms with Gasteiger partial charge in [-0.3, -0.25) is 4.79 Å². The summed E-state index contributed by atoms with van der Waals surface area (Å²) in [5.41, 5.74) is 0. The van der Waals surface area contributed by atoms with E-state index in [-0.39, 0.29) is 18.6 Å². The van der Waals surface area contributed by atoms with Crippen molar-refractivity contribution in [3.63, 3.8) is 0 Å². The molecule has 1 fully saturated rings. The molecule has 2 amide bonds. The topological polar surface area (TPSA) is 95.0 Å². The summed E-state index contributed by atoms with van der Waals surface area (Å²) in [6, 6.07) is 3.52. The van der Waals surface area contributed by atoms with Crippen molar-refractivity contribution >= 4 is 17.8 Å². The van der Waals surface area contributed by atoms with Gasteiger partial charge < -0.3 is 25.0 Å². The molecular weight excluding hydrogens is 312 g/mol. The number of pyridine rings is 1. The minimum absolute atomic E-state index is 0.0559. The van der Waals surface area contributed by atoms with Crippen molar-refractivity contribution in [3.8, 4) is 5.75 Å². The van der Waals surface area contributed by atoms with Crippen LogP contribution in [-0.2, 0) is 4.79 Å². The predicted octanol–water partition coefficient (Wildman–Crippen LogP) is 1.18. The highest BCUT2D eigenvalue weighted by Gasteiger charge is 2.28. The molecule has 0 aliphatic carbocycles. The van der Waals surface area contributed by atoms with Crippen LogP contribution in [0, 0.1) is 0 Å². The molecular formula is C16H24N4O4. The fraction of sp³-hybridized carbons (Fsp3) is 0.562. The van der Waals surface area contributed by atoms with Crippen LogP contribution in [0.3, 0.4) is 0 Å². The Kier molecular flexibility index (Phi) is 6.22. The van der Waals surface area contributed by atoms with E-state index in [1.807, 2.05) is 31.1 Å². The highest BCUT2D eigenvalue weighted by Crippen LogP contribution is 2.26. The first-order chi connectivity index (χ1) is 11.5. The van der Waals surface area contributed by atoms with Crippen LogP contribution in [-0.4, -0.2) is 66.8 Å². The summed E-state index contributed by atoms with van der Waals surface area (Å²) in [4.78, 5) is 30.4. The molecule has 2 N–H and O–H groups in total. The molecule has 0 radical (unpaired) electrons. The van der Waals surface area contributed by atoms with Crippen LogP contribution < -0.4 is 15.0 Å². The molecule has 8 heteroatoms. The van der Waals surface area contributed by atoms with Crippen LogP contribution in [0.25, 0.3) is 0 Å². The van der Waals surface area contributed by atoms with Gasteiger partial charge in [0, 0.05) is 46.2 Å². The minimum Gasteiger partial charge on any atom is -0.485 e. The van der Waals surface area contributed by atoms with Gasteiger partial charge in [-0.2, -0.15) is 0 Å². The molecule has 1 atom stereocenters. The molecule has 132 valence electrons. The van der Waals surface area contributed by atoms with Gasteiger partial charge in [0.2, 0.25) is 0 Å². The molecule has 2 rings (SSSR count). The Labute approximate surface area is 141 Å². The van der Waals surface area contributed by atoms with Crippen LogP contribution in [0.1, 0.15) is 19.3 Å². The number of aromatic nitrogens is 1. The molecule has 0 bridgehead atoms. The smallest absolute Gasteiger partial charge is 0.317 e. The second-order valence-corrected chi connectivity index (χ2v) is 5.92. The Balaban J connectivity index is 1.81. The average molecular weight is 336 g/mol. The first kappa shape index (κ1) is 17.8. The highest BCUT2D eigenvalue weighted by atomic mass is 16.5. The van der Waals surface area contributed by atoms with Gasteiger partial charge in [-0.05, 0) is 18.6 Å². The normalized spacial score (nSPS) is 16.8. The Bertz CT molecular complexity index is 579. The number of hydrogen-bond donors (Lipinski definition) is 2. The maximum atomic E-state index is 12.1. The number of anilines is 1. The third kappa shape index (κ3) is 5.00. The van der Waals surface area contributed by atoms with E-state index in [4.69, 9.17) is 9.84 Å².